The monoisotopic (exact) mass is 314 g/mol. The van der Waals surface area contributed by atoms with E-state index < -0.39 is 6.10 Å². The normalized spacial score (nSPS) is 11.6. The Balaban J connectivity index is 2.11. The maximum Gasteiger partial charge on any atom is 0.265 e. The van der Waals surface area contributed by atoms with Gasteiger partial charge in [-0.2, -0.15) is 0 Å². The second-order valence-corrected chi connectivity index (χ2v) is 5.28. The summed E-state index contributed by atoms with van der Waals surface area (Å²) >= 11 is 0. The highest BCUT2D eigenvalue weighted by Gasteiger charge is 2.20. The van der Waals surface area contributed by atoms with E-state index in [2.05, 4.69) is 5.32 Å². The van der Waals surface area contributed by atoms with Gasteiger partial charge in [-0.05, 0) is 43.2 Å². The number of carbonyl (C=O) groups excluding carboxylic acids is 1. The molecule has 1 amide bonds. The molecule has 5 nitrogen and oxygen atoms in total. The number of ether oxygens (including phenoxy) is 2. The van der Waals surface area contributed by atoms with E-state index in [-0.39, 0.29) is 5.91 Å². The third-order valence-electron chi connectivity index (χ3n) is 3.41. The van der Waals surface area contributed by atoms with Gasteiger partial charge in [-0.25, -0.2) is 0 Å². The van der Waals surface area contributed by atoms with Crippen LogP contribution in [0.15, 0.2) is 42.5 Å². The number of hydrogen-bond acceptors (Lipinski definition) is 4. The van der Waals surface area contributed by atoms with Crippen LogP contribution in [0, 0.1) is 6.92 Å². The zero-order chi connectivity index (χ0) is 16.8. The van der Waals surface area contributed by atoms with Gasteiger partial charge in [-0.1, -0.05) is 19.1 Å². The largest absolute Gasteiger partial charge is 0.494 e. The molecule has 0 aliphatic heterocycles. The minimum absolute atomic E-state index is 0.225. The van der Waals surface area contributed by atoms with Crippen LogP contribution in [0.2, 0.25) is 0 Å². The number of benzene rings is 2. The first kappa shape index (κ1) is 16.7. The standard InChI is InChI=1S/C18H22N2O3/c1-4-16(23-14-7-5-6-12(2)10-14)18(21)20-15-9-8-13(19)11-17(15)22-3/h5-11,16H,4,19H2,1-3H3,(H,20,21). The van der Waals surface area contributed by atoms with Crippen molar-refractivity contribution >= 4 is 17.3 Å². The average Bonchev–Trinajstić information content (AvgIpc) is 2.54. The van der Waals surface area contributed by atoms with Crippen molar-refractivity contribution in [3.8, 4) is 11.5 Å². The summed E-state index contributed by atoms with van der Waals surface area (Å²) in [4.78, 5) is 12.5. The molecule has 2 aromatic rings. The number of amides is 1. The van der Waals surface area contributed by atoms with Gasteiger partial charge in [-0.3, -0.25) is 4.79 Å². The molecule has 0 heterocycles. The number of nitrogens with one attached hydrogen (secondary N) is 1. The van der Waals surface area contributed by atoms with Crippen LogP contribution in [0.25, 0.3) is 0 Å². The molecule has 1 atom stereocenters. The zero-order valence-corrected chi connectivity index (χ0v) is 13.6. The van der Waals surface area contributed by atoms with Gasteiger partial charge in [0.25, 0.3) is 5.91 Å². The third-order valence-corrected chi connectivity index (χ3v) is 3.41. The van der Waals surface area contributed by atoms with Crippen LogP contribution >= 0.6 is 0 Å². The lowest BCUT2D eigenvalue weighted by Crippen LogP contribution is -2.32. The summed E-state index contributed by atoms with van der Waals surface area (Å²) in [5.74, 6) is 0.970. The van der Waals surface area contributed by atoms with E-state index in [1.54, 1.807) is 18.2 Å². The lowest BCUT2D eigenvalue weighted by Gasteiger charge is -2.18. The summed E-state index contributed by atoms with van der Waals surface area (Å²) in [5, 5.41) is 2.83. The van der Waals surface area contributed by atoms with Gasteiger partial charge in [0.15, 0.2) is 6.10 Å². The number of nitrogens with two attached hydrogens (primary N) is 1. The summed E-state index contributed by atoms with van der Waals surface area (Å²) in [7, 11) is 1.53. The van der Waals surface area contributed by atoms with Gasteiger partial charge in [0.05, 0.1) is 12.8 Å². The highest BCUT2D eigenvalue weighted by molar-refractivity contribution is 5.95. The van der Waals surface area contributed by atoms with Crippen molar-refractivity contribution in [2.45, 2.75) is 26.4 Å². The molecular weight excluding hydrogens is 292 g/mol. The maximum atomic E-state index is 12.5. The number of hydrogen-bond donors (Lipinski definition) is 2. The minimum atomic E-state index is -0.584. The number of carbonyl (C=O) groups is 1. The van der Waals surface area contributed by atoms with E-state index >= 15 is 0 Å². The molecule has 0 spiro atoms. The molecule has 0 saturated heterocycles. The molecule has 122 valence electrons. The molecule has 23 heavy (non-hydrogen) atoms. The van der Waals surface area contributed by atoms with Gasteiger partial charge in [0.2, 0.25) is 0 Å². The van der Waals surface area contributed by atoms with Crippen LogP contribution in [0.3, 0.4) is 0 Å². The van der Waals surface area contributed by atoms with Crippen LogP contribution in [0.1, 0.15) is 18.9 Å². The second-order valence-electron chi connectivity index (χ2n) is 5.28. The Labute approximate surface area is 136 Å². The quantitative estimate of drug-likeness (QED) is 0.802. The molecule has 1 unspecified atom stereocenters. The van der Waals surface area contributed by atoms with Crippen molar-refractivity contribution in [1.82, 2.24) is 0 Å². The molecule has 0 radical (unpaired) electrons. The first-order chi connectivity index (χ1) is 11.0. The molecule has 3 N–H and O–H groups in total. The number of aryl methyl sites for hydroxylation is 1. The fourth-order valence-corrected chi connectivity index (χ4v) is 2.20. The summed E-state index contributed by atoms with van der Waals surface area (Å²) in [6, 6.07) is 12.7. The highest BCUT2D eigenvalue weighted by Crippen LogP contribution is 2.27. The van der Waals surface area contributed by atoms with Crippen LogP contribution < -0.4 is 20.5 Å². The van der Waals surface area contributed by atoms with Gasteiger partial charge in [0, 0.05) is 11.8 Å². The molecule has 5 heteroatoms. The van der Waals surface area contributed by atoms with Crippen molar-refractivity contribution in [1.29, 1.82) is 0 Å². The molecule has 2 rings (SSSR count). The van der Waals surface area contributed by atoms with Gasteiger partial charge >= 0.3 is 0 Å². The zero-order valence-electron chi connectivity index (χ0n) is 13.6. The summed E-state index contributed by atoms with van der Waals surface area (Å²) in [6.07, 6.45) is -0.0316. The van der Waals surface area contributed by atoms with E-state index in [1.165, 1.54) is 7.11 Å². The van der Waals surface area contributed by atoms with E-state index in [1.807, 2.05) is 38.1 Å². The molecule has 0 saturated carbocycles. The van der Waals surface area contributed by atoms with Crippen molar-refractivity contribution < 1.29 is 14.3 Å². The average molecular weight is 314 g/mol. The van der Waals surface area contributed by atoms with Crippen LogP contribution in [0.5, 0.6) is 11.5 Å². The topological polar surface area (TPSA) is 73.6 Å². The van der Waals surface area contributed by atoms with E-state index in [9.17, 15) is 4.79 Å². The van der Waals surface area contributed by atoms with Crippen molar-refractivity contribution in [3.63, 3.8) is 0 Å². The Kier molecular flexibility index (Phi) is 5.46. The lowest BCUT2D eigenvalue weighted by atomic mass is 10.2. The number of rotatable bonds is 6. The van der Waals surface area contributed by atoms with Gasteiger partial charge in [0.1, 0.15) is 11.5 Å². The van der Waals surface area contributed by atoms with E-state index in [0.29, 0.717) is 29.3 Å². The van der Waals surface area contributed by atoms with Crippen molar-refractivity contribution in [2.24, 2.45) is 0 Å². The molecule has 0 aliphatic carbocycles. The number of nitrogen functional groups attached to an aromatic ring is 1. The van der Waals surface area contributed by atoms with Crippen molar-refractivity contribution in [2.75, 3.05) is 18.2 Å². The lowest BCUT2D eigenvalue weighted by molar-refractivity contribution is -0.122. The van der Waals surface area contributed by atoms with Crippen molar-refractivity contribution in [3.05, 3.63) is 48.0 Å². The first-order valence-electron chi connectivity index (χ1n) is 7.51. The Bertz CT molecular complexity index is 686. The summed E-state index contributed by atoms with van der Waals surface area (Å²) in [6.45, 7) is 3.88. The number of methoxy groups -OCH3 is 1. The van der Waals surface area contributed by atoms with Crippen LogP contribution in [0.4, 0.5) is 11.4 Å². The predicted octanol–water partition coefficient (Wildman–Crippen LogP) is 3.38. The fraction of sp³-hybridized carbons (Fsp3) is 0.278. The Morgan fingerprint density at radius 3 is 2.70 bits per heavy atom. The van der Waals surface area contributed by atoms with Crippen LogP contribution in [-0.4, -0.2) is 19.1 Å². The predicted molar refractivity (Wildman–Crippen MR) is 91.9 cm³/mol. The second kappa shape index (κ2) is 7.54. The fourth-order valence-electron chi connectivity index (χ4n) is 2.20. The Hall–Kier alpha value is -2.69. The summed E-state index contributed by atoms with van der Waals surface area (Å²) in [5.41, 5.74) is 7.94. The molecule has 2 aromatic carbocycles. The SMILES string of the molecule is CCC(Oc1cccc(C)c1)C(=O)Nc1ccc(N)cc1OC. The number of anilines is 2. The Morgan fingerprint density at radius 1 is 1.26 bits per heavy atom. The first-order valence-corrected chi connectivity index (χ1v) is 7.51. The van der Waals surface area contributed by atoms with E-state index in [0.717, 1.165) is 5.56 Å². The molecule has 0 fully saturated rings. The van der Waals surface area contributed by atoms with E-state index in [4.69, 9.17) is 15.2 Å². The minimum Gasteiger partial charge on any atom is -0.494 e. The maximum absolute atomic E-state index is 12.5. The molecule has 0 aliphatic rings. The smallest absolute Gasteiger partial charge is 0.265 e. The van der Waals surface area contributed by atoms with Gasteiger partial charge < -0.3 is 20.5 Å². The Morgan fingerprint density at radius 2 is 2.04 bits per heavy atom. The highest BCUT2D eigenvalue weighted by atomic mass is 16.5. The molecule has 0 aromatic heterocycles. The molecular formula is C18H22N2O3. The molecule has 0 bridgehead atoms. The third kappa shape index (κ3) is 4.39. The van der Waals surface area contributed by atoms with Crippen LogP contribution in [-0.2, 0) is 4.79 Å². The summed E-state index contributed by atoms with van der Waals surface area (Å²) < 4.78 is 11.0. The van der Waals surface area contributed by atoms with Gasteiger partial charge in [-0.15, -0.1) is 0 Å².